The molecule has 1 saturated heterocycles. The molecule has 1 aliphatic rings. The summed E-state index contributed by atoms with van der Waals surface area (Å²) in [6.07, 6.45) is 3.64. The van der Waals surface area contributed by atoms with Crippen molar-refractivity contribution in [3.8, 4) is 11.6 Å². The highest BCUT2D eigenvalue weighted by atomic mass is 127. The van der Waals surface area contributed by atoms with Crippen molar-refractivity contribution in [1.82, 2.24) is 25.8 Å². The van der Waals surface area contributed by atoms with E-state index in [1.807, 2.05) is 12.1 Å². The van der Waals surface area contributed by atoms with Crippen LogP contribution in [0.25, 0.3) is 11.6 Å². The number of halogens is 2. The second kappa shape index (κ2) is 10.4. The van der Waals surface area contributed by atoms with E-state index in [-0.39, 0.29) is 35.8 Å². The van der Waals surface area contributed by atoms with Crippen molar-refractivity contribution in [2.75, 3.05) is 25.0 Å². The van der Waals surface area contributed by atoms with Crippen molar-refractivity contribution in [2.24, 2.45) is 4.99 Å². The first-order valence-electron chi connectivity index (χ1n) is 9.64. The number of furan rings is 1. The molecule has 30 heavy (non-hydrogen) atoms. The zero-order valence-corrected chi connectivity index (χ0v) is 19.0. The van der Waals surface area contributed by atoms with E-state index in [1.165, 1.54) is 6.07 Å². The molecular formula is C20H25FIN7O. The molecule has 1 fully saturated rings. The largest absolute Gasteiger partial charge is 0.461 e. The summed E-state index contributed by atoms with van der Waals surface area (Å²) in [5.74, 6) is 2.30. The molecule has 0 amide bonds. The number of hydrogen-bond acceptors (Lipinski definition) is 5. The van der Waals surface area contributed by atoms with Gasteiger partial charge in [0.2, 0.25) is 5.82 Å². The van der Waals surface area contributed by atoms with E-state index in [2.05, 4.69) is 35.7 Å². The van der Waals surface area contributed by atoms with E-state index in [0.29, 0.717) is 29.9 Å². The number of aromatic amines is 1. The summed E-state index contributed by atoms with van der Waals surface area (Å²) in [6, 6.07) is 10.6. The molecule has 1 aromatic carbocycles. The van der Waals surface area contributed by atoms with Crippen LogP contribution in [-0.4, -0.2) is 47.3 Å². The molecule has 3 aromatic rings. The predicted octanol–water partition coefficient (Wildman–Crippen LogP) is 3.16. The molecule has 2 aromatic heterocycles. The Bertz CT molecular complexity index is 960. The van der Waals surface area contributed by atoms with Crippen molar-refractivity contribution < 1.29 is 8.81 Å². The van der Waals surface area contributed by atoms with Crippen LogP contribution in [0, 0.1) is 5.82 Å². The number of H-pyrrole nitrogens is 1. The molecule has 3 N–H and O–H groups in total. The predicted molar refractivity (Wildman–Crippen MR) is 124 cm³/mol. The van der Waals surface area contributed by atoms with Crippen LogP contribution in [0.1, 0.15) is 18.7 Å². The number of benzene rings is 1. The quantitative estimate of drug-likeness (QED) is 0.269. The Kier molecular flexibility index (Phi) is 7.66. The van der Waals surface area contributed by atoms with Crippen LogP contribution in [0.15, 0.2) is 52.1 Å². The van der Waals surface area contributed by atoms with Gasteiger partial charge in [0.25, 0.3) is 0 Å². The number of nitrogens with one attached hydrogen (secondary N) is 3. The SMILES string of the molecule is CN=C(NCc1nc(-c2ccco2)n[nH]1)NC1CCCN(c2cccc(F)c2)C1.I. The molecule has 0 aliphatic carbocycles. The number of guanidine groups is 1. The molecule has 160 valence electrons. The molecular weight excluding hydrogens is 500 g/mol. The minimum Gasteiger partial charge on any atom is -0.461 e. The van der Waals surface area contributed by atoms with Crippen molar-refractivity contribution in [1.29, 1.82) is 0 Å². The molecule has 0 radical (unpaired) electrons. The first kappa shape index (κ1) is 22.1. The summed E-state index contributed by atoms with van der Waals surface area (Å²) in [4.78, 5) is 10.9. The van der Waals surface area contributed by atoms with Gasteiger partial charge in [-0.1, -0.05) is 6.07 Å². The van der Waals surface area contributed by atoms with Gasteiger partial charge in [0, 0.05) is 31.9 Å². The number of nitrogens with zero attached hydrogens (tertiary/aromatic N) is 4. The van der Waals surface area contributed by atoms with Gasteiger partial charge in [-0.3, -0.25) is 10.1 Å². The van der Waals surface area contributed by atoms with Gasteiger partial charge in [0.15, 0.2) is 11.7 Å². The summed E-state index contributed by atoms with van der Waals surface area (Å²) in [5.41, 5.74) is 0.909. The summed E-state index contributed by atoms with van der Waals surface area (Å²) in [7, 11) is 1.73. The maximum absolute atomic E-state index is 13.5. The lowest BCUT2D eigenvalue weighted by atomic mass is 10.0. The van der Waals surface area contributed by atoms with Gasteiger partial charge in [-0.15, -0.1) is 29.1 Å². The molecule has 0 saturated carbocycles. The van der Waals surface area contributed by atoms with Gasteiger partial charge in [0.1, 0.15) is 11.6 Å². The Morgan fingerprint density at radius 3 is 3.03 bits per heavy atom. The van der Waals surface area contributed by atoms with Gasteiger partial charge in [-0.2, -0.15) is 0 Å². The summed E-state index contributed by atoms with van der Waals surface area (Å²) in [6.45, 7) is 2.16. The summed E-state index contributed by atoms with van der Waals surface area (Å²) >= 11 is 0. The first-order chi connectivity index (χ1) is 14.2. The second-order valence-corrected chi connectivity index (χ2v) is 6.92. The number of hydrogen-bond donors (Lipinski definition) is 3. The fourth-order valence-corrected chi connectivity index (χ4v) is 3.45. The molecule has 1 unspecified atom stereocenters. The zero-order valence-electron chi connectivity index (χ0n) is 16.6. The number of aliphatic imine (C=N–C) groups is 1. The van der Waals surface area contributed by atoms with Crippen molar-refractivity contribution in [3.63, 3.8) is 0 Å². The van der Waals surface area contributed by atoms with E-state index in [4.69, 9.17) is 4.42 Å². The lowest BCUT2D eigenvalue weighted by Gasteiger charge is -2.35. The standard InChI is InChI=1S/C20H24FN7O.HI/c1-22-20(23-12-18-25-19(27-26-18)17-8-4-10-29-17)24-15-6-3-9-28(13-15)16-7-2-5-14(21)11-16;/h2,4-5,7-8,10-11,15H,3,6,9,12-13H2,1H3,(H2,22,23,24)(H,25,26,27);1H. The van der Waals surface area contributed by atoms with Gasteiger partial charge >= 0.3 is 0 Å². The van der Waals surface area contributed by atoms with Crippen molar-refractivity contribution >= 4 is 35.6 Å². The minimum atomic E-state index is -0.212. The minimum absolute atomic E-state index is 0. The van der Waals surface area contributed by atoms with E-state index in [0.717, 1.165) is 31.6 Å². The third-order valence-electron chi connectivity index (χ3n) is 4.86. The van der Waals surface area contributed by atoms with Crippen LogP contribution in [0.3, 0.4) is 0 Å². The molecule has 4 rings (SSSR count). The van der Waals surface area contributed by atoms with Crippen LogP contribution >= 0.6 is 24.0 Å². The Balaban J connectivity index is 0.00000256. The maximum Gasteiger partial charge on any atom is 0.216 e. The normalized spacial score (nSPS) is 16.8. The van der Waals surface area contributed by atoms with Crippen molar-refractivity contribution in [3.05, 3.63) is 54.3 Å². The second-order valence-electron chi connectivity index (χ2n) is 6.92. The molecule has 0 spiro atoms. The number of rotatable bonds is 5. The lowest BCUT2D eigenvalue weighted by Crippen LogP contribution is -2.51. The monoisotopic (exact) mass is 525 g/mol. The van der Waals surface area contributed by atoms with Crippen LogP contribution in [0.5, 0.6) is 0 Å². The first-order valence-corrected chi connectivity index (χ1v) is 9.64. The van der Waals surface area contributed by atoms with E-state index < -0.39 is 0 Å². The maximum atomic E-state index is 13.5. The van der Waals surface area contributed by atoms with Gasteiger partial charge in [-0.05, 0) is 43.2 Å². The highest BCUT2D eigenvalue weighted by Crippen LogP contribution is 2.20. The van der Waals surface area contributed by atoms with E-state index in [9.17, 15) is 4.39 Å². The fraction of sp³-hybridized carbons (Fsp3) is 0.350. The van der Waals surface area contributed by atoms with Crippen LogP contribution < -0.4 is 15.5 Å². The van der Waals surface area contributed by atoms with Gasteiger partial charge < -0.3 is 20.0 Å². The number of aromatic nitrogens is 3. The average Bonchev–Trinajstić information content (AvgIpc) is 3.43. The average molecular weight is 525 g/mol. The summed E-state index contributed by atoms with van der Waals surface area (Å²) < 4.78 is 18.9. The third-order valence-corrected chi connectivity index (χ3v) is 4.86. The molecule has 8 nitrogen and oxygen atoms in total. The number of anilines is 1. The number of piperidine rings is 1. The van der Waals surface area contributed by atoms with Crippen LogP contribution in [0.2, 0.25) is 0 Å². The molecule has 3 heterocycles. The van der Waals surface area contributed by atoms with Gasteiger partial charge in [0.05, 0.1) is 12.8 Å². The van der Waals surface area contributed by atoms with E-state index >= 15 is 0 Å². The molecule has 10 heteroatoms. The van der Waals surface area contributed by atoms with Crippen LogP contribution in [-0.2, 0) is 6.54 Å². The highest BCUT2D eigenvalue weighted by Gasteiger charge is 2.21. The fourth-order valence-electron chi connectivity index (χ4n) is 3.45. The highest BCUT2D eigenvalue weighted by molar-refractivity contribution is 14.0. The van der Waals surface area contributed by atoms with Gasteiger partial charge in [-0.25, -0.2) is 9.37 Å². The van der Waals surface area contributed by atoms with Crippen molar-refractivity contribution in [2.45, 2.75) is 25.4 Å². The molecule has 1 atom stereocenters. The summed E-state index contributed by atoms with van der Waals surface area (Å²) in [5, 5.41) is 13.8. The lowest BCUT2D eigenvalue weighted by molar-refractivity contribution is 0.467. The Morgan fingerprint density at radius 2 is 2.27 bits per heavy atom. The topological polar surface area (TPSA) is 94.4 Å². The zero-order chi connectivity index (χ0) is 20.1. The Morgan fingerprint density at radius 1 is 1.37 bits per heavy atom. The molecule has 1 aliphatic heterocycles. The Hall–Kier alpha value is -2.63. The van der Waals surface area contributed by atoms with E-state index in [1.54, 1.807) is 31.5 Å². The smallest absolute Gasteiger partial charge is 0.216 e. The Labute approximate surface area is 191 Å². The third kappa shape index (κ3) is 5.49. The van der Waals surface area contributed by atoms with Crippen LogP contribution in [0.4, 0.5) is 10.1 Å². The molecule has 0 bridgehead atoms.